The smallest absolute Gasteiger partial charge is 0.252 e. The van der Waals surface area contributed by atoms with E-state index >= 15 is 0 Å². The average Bonchev–Trinajstić information content (AvgIpc) is 2.50. The molecule has 0 radical (unpaired) electrons. The van der Waals surface area contributed by atoms with E-state index in [0.717, 1.165) is 36.7 Å². The number of carbonyl (C=O) groups excluding carboxylic acids is 1. The van der Waals surface area contributed by atoms with Gasteiger partial charge in [-0.3, -0.25) is 4.79 Å². The predicted molar refractivity (Wildman–Crippen MR) is 90.4 cm³/mol. The lowest BCUT2D eigenvalue weighted by Gasteiger charge is -2.22. The van der Waals surface area contributed by atoms with Crippen molar-refractivity contribution in [3.63, 3.8) is 0 Å². The highest BCUT2D eigenvalue weighted by Gasteiger charge is 2.15. The molecule has 1 aromatic rings. The summed E-state index contributed by atoms with van der Waals surface area (Å²) in [5.41, 5.74) is 0.691. The minimum Gasteiger partial charge on any atom is -0.352 e. The first-order valence-corrected chi connectivity index (χ1v) is 8.98. The molecule has 5 heteroatoms. The van der Waals surface area contributed by atoms with Gasteiger partial charge in [0.25, 0.3) is 5.91 Å². The number of rotatable bonds is 6. The van der Waals surface area contributed by atoms with Gasteiger partial charge in [0.1, 0.15) is 0 Å². The number of hydrogen-bond acceptors (Lipinski definition) is 3. The molecule has 1 aliphatic rings. The van der Waals surface area contributed by atoms with Crippen LogP contribution in [-0.2, 0) is 0 Å². The van der Waals surface area contributed by atoms with Crippen LogP contribution in [0.4, 0.5) is 0 Å². The van der Waals surface area contributed by atoms with E-state index in [-0.39, 0.29) is 5.91 Å². The number of piperidine rings is 1. The first-order valence-electron chi connectivity index (χ1n) is 7.62. The molecule has 0 bridgehead atoms. The summed E-state index contributed by atoms with van der Waals surface area (Å²) in [4.78, 5) is 13.3. The largest absolute Gasteiger partial charge is 0.352 e. The zero-order valence-electron chi connectivity index (χ0n) is 12.5. The average molecular weight is 327 g/mol. The maximum absolute atomic E-state index is 12.3. The first kappa shape index (κ1) is 16.7. The third kappa shape index (κ3) is 5.20. The van der Waals surface area contributed by atoms with Gasteiger partial charge in [-0.25, -0.2) is 0 Å². The molecule has 21 heavy (non-hydrogen) atoms. The van der Waals surface area contributed by atoms with E-state index in [1.807, 2.05) is 12.1 Å². The lowest BCUT2D eigenvalue weighted by molar-refractivity contribution is 0.0947. The summed E-state index contributed by atoms with van der Waals surface area (Å²) in [5.74, 6) is 1.61. The highest BCUT2D eigenvalue weighted by molar-refractivity contribution is 7.99. The molecular formula is C16H23ClN2OS. The fourth-order valence-corrected chi connectivity index (χ4v) is 3.57. The molecule has 3 nitrogen and oxygen atoms in total. The second-order valence-electron chi connectivity index (χ2n) is 5.33. The van der Waals surface area contributed by atoms with Crippen molar-refractivity contribution < 1.29 is 4.79 Å². The van der Waals surface area contributed by atoms with Crippen molar-refractivity contribution in [2.45, 2.75) is 31.1 Å². The van der Waals surface area contributed by atoms with E-state index < -0.39 is 0 Å². The fourth-order valence-electron chi connectivity index (χ4n) is 2.62. The van der Waals surface area contributed by atoms with Crippen molar-refractivity contribution in [3.05, 3.63) is 28.8 Å². The minimum absolute atomic E-state index is 0.0165. The third-order valence-electron chi connectivity index (χ3n) is 3.72. The molecule has 1 aromatic carbocycles. The second kappa shape index (κ2) is 8.66. The monoisotopic (exact) mass is 326 g/mol. The van der Waals surface area contributed by atoms with Crippen molar-refractivity contribution in [2.24, 2.45) is 5.92 Å². The molecule has 1 amide bonds. The van der Waals surface area contributed by atoms with Crippen molar-refractivity contribution >= 4 is 29.3 Å². The Balaban J connectivity index is 1.88. The predicted octanol–water partition coefficient (Wildman–Crippen LogP) is 3.57. The van der Waals surface area contributed by atoms with Crippen molar-refractivity contribution in [2.75, 3.05) is 25.4 Å². The van der Waals surface area contributed by atoms with E-state index in [4.69, 9.17) is 11.6 Å². The Morgan fingerprint density at radius 1 is 1.52 bits per heavy atom. The van der Waals surface area contributed by atoms with Crippen LogP contribution < -0.4 is 10.6 Å². The van der Waals surface area contributed by atoms with Crippen molar-refractivity contribution in [3.8, 4) is 0 Å². The SMILES string of the molecule is CCSc1ccc(Cl)cc1C(=O)NCCC1CCCNC1. The zero-order valence-corrected chi connectivity index (χ0v) is 14.0. The summed E-state index contributed by atoms with van der Waals surface area (Å²) < 4.78 is 0. The van der Waals surface area contributed by atoms with Gasteiger partial charge in [0, 0.05) is 16.5 Å². The molecule has 0 spiro atoms. The van der Waals surface area contributed by atoms with Gasteiger partial charge in [-0.1, -0.05) is 18.5 Å². The number of hydrogen-bond donors (Lipinski definition) is 2. The lowest BCUT2D eigenvalue weighted by atomic mass is 9.96. The summed E-state index contributed by atoms with van der Waals surface area (Å²) in [6.07, 6.45) is 3.54. The molecule has 1 atom stereocenters. The topological polar surface area (TPSA) is 41.1 Å². The van der Waals surface area contributed by atoms with Gasteiger partial charge in [-0.05, 0) is 62.2 Å². The van der Waals surface area contributed by atoms with Gasteiger partial charge in [-0.15, -0.1) is 11.8 Å². The number of benzene rings is 1. The van der Waals surface area contributed by atoms with E-state index in [1.54, 1.807) is 17.8 Å². The molecule has 2 N–H and O–H groups in total. The van der Waals surface area contributed by atoms with Gasteiger partial charge < -0.3 is 10.6 Å². The van der Waals surface area contributed by atoms with Gasteiger partial charge in [0.15, 0.2) is 0 Å². The number of amides is 1. The summed E-state index contributed by atoms with van der Waals surface area (Å²) in [5, 5.41) is 7.05. The van der Waals surface area contributed by atoms with Gasteiger partial charge in [0.05, 0.1) is 5.56 Å². The number of nitrogens with one attached hydrogen (secondary N) is 2. The number of thioether (sulfide) groups is 1. The summed E-state index contributed by atoms with van der Waals surface area (Å²) in [6, 6.07) is 5.53. The van der Waals surface area contributed by atoms with E-state index in [0.29, 0.717) is 16.5 Å². The quantitative estimate of drug-likeness (QED) is 0.785. The van der Waals surface area contributed by atoms with Crippen LogP contribution in [0.5, 0.6) is 0 Å². The molecule has 2 rings (SSSR count). The minimum atomic E-state index is -0.0165. The molecule has 116 valence electrons. The first-order chi connectivity index (χ1) is 10.2. The van der Waals surface area contributed by atoms with Gasteiger partial charge in [0.2, 0.25) is 0 Å². The van der Waals surface area contributed by atoms with Crippen LogP contribution in [0, 0.1) is 5.92 Å². The van der Waals surface area contributed by atoms with E-state index in [9.17, 15) is 4.79 Å². The molecular weight excluding hydrogens is 304 g/mol. The van der Waals surface area contributed by atoms with Crippen LogP contribution in [0.25, 0.3) is 0 Å². The molecule has 1 fully saturated rings. The Labute approximate surface area is 136 Å². The Morgan fingerprint density at radius 3 is 3.10 bits per heavy atom. The Hall–Kier alpha value is -0.710. The fraction of sp³-hybridized carbons (Fsp3) is 0.562. The maximum atomic E-state index is 12.3. The molecule has 1 heterocycles. The zero-order chi connectivity index (χ0) is 15.1. The van der Waals surface area contributed by atoms with E-state index in [2.05, 4.69) is 17.6 Å². The molecule has 0 aliphatic carbocycles. The van der Waals surface area contributed by atoms with E-state index in [1.165, 1.54) is 12.8 Å². The summed E-state index contributed by atoms with van der Waals surface area (Å²) in [7, 11) is 0. The number of carbonyl (C=O) groups is 1. The van der Waals surface area contributed by atoms with Crippen molar-refractivity contribution in [1.82, 2.24) is 10.6 Å². The van der Waals surface area contributed by atoms with Crippen LogP contribution in [-0.4, -0.2) is 31.3 Å². The Bertz CT molecular complexity index is 475. The van der Waals surface area contributed by atoms with Crippen LogP contribution in [0.3, 0.4) is 0 Å². The van der Waals surface area contributed by atoms with Crippen LogP contribution in [0.1, 0.15) is 36.5 Å². The highest BCUT2D eigenvalue weighted by atomic mass is 35.5. The normalized spacial score (nSPS) is 18.5. The lowest BCUT2D eigenvalue weighted by Crippen LogP contribution is -2.33. The summed E-state index contributed by atoms with van der Waals surface area (Å²) in [6.45, 7) is 5.01. The molecule has 0 aromatic heterocycles. The Kier molecular flexibility index (Phi) is 6.87. The standard InChI is InChI=1S/C16H23ClN2OS/c1-2-21-15-6-5-13(17)10-14(15)16(20)19-9-7-12-4-3-8-18-11-12/h5-6,10,12,18H,2-4,7-9,11H2,1H3,(H,19,20). The van der Waals surface area contributed by atoms with Gasteiger partial charge in [-0.2, -0.15) is 0 Å². The highest BCUT2D eigenvalue weighted by Crippen LogP contribution is 2.25. The maximum Gasteiger partial charge on any atom is 0.252 e. The Morgan fingerprint density at radius 2 is 2.38 bits per heavy atom. The van der Waals surface area contributed by atoms with Crippen LogP contribution in [0.2, 0.25) is 5.02 Å². The second-order valence-corrected chi connectivity index (χ2v) is 7.07. The van der Waals surface area contributed by atoms with Crippen LogP contribution >= 0.6 is 23.4 Å². The molecule has 1 aliphatic heterocycles. The van der Waals surface area contributed by atoms with Crippen LogP contribution in [0.15, 0.2) is 23.1 Å². The van der Waals surface area contributed by atoms with Gasteiger partial charge >= 0.3 is 0 Å². The molecule has 1 unspecified atom stereocenters. The summed E-state index contributed by atoms with van der Waals surface area (Å²) >= 11 is 7.69. The molecule has 1 saturated heterocycles. The molecule has 0 saturated carbocycles. The van der Waals surface area contributed by atoms with Crippen molar-refractivity contribution in [1.29, 1.82) is 0 Å². The third-order valence-corrected chi connectivity index (χ3v) is 4.91. The number of halogens is 1.